The van der Waals surface area contributed by atoms with Gasteiger partial charge in [-0.2, -0.15) is 4.31 Å². The molecule has 2 fully saturated rings. The highest BCUT2D eigenvalue weighted by Gasteiger charge is 2.29. The molecule has 0 atom stereocenters. The van der Waals surface area contributed by atoms with E-state index in [-0.39, 0.29) is 41.3 Å². The summed E-state index contributed by atoms with van der Waals surface area (Å²) in [5.74, 6) is -0.216. The first-order valence-corrected chi connectivity index (χ1v) is 11.4. The highest BCUT2D eigenvalue weighted by molar-refractivity contribution is 7.89. The Balaban J connectivity index is 1.56. The van der Waals surface area contributed by atoms with Gasteiger partial charge in [-0.05, 0) is 18.2 Å². The second-order valence-electron chi connectivity index (χ2n) is 6.70. The number of halogens is 1. The smallest absolute Gasteiger partial charge is 0.257 e. The van der Waals surface area contributed by atoms with Crippen molar-refractivity contribution in [3.63, 3.8) is 0 Å². The first-order chi connectivity index (χ1) is 14.0. The zero-order valence-electron chi connectivity index (χ0n) is 16.1. The summed E-state index contributed by atoms with van der Waals surface area (Å²) in [7, 11) is -3.80. The molecule has 3 rings (SSSR count). The van der Waals surface area contributed by atoms with E-state index in [1.165, 1.54) is 22.5 Å². The highest BCUT2D eigenvalue weighted by atomic mass is 35.5. The third-order valence-electron chi connectivity index (χ3n) is 4.71. The molecular weight excluding hydrogens is 422 g/mol. The zero-order valence-corrected chi connectivity index (χ0v) is 17.7. The molecule has 0 aromatic heterocycles. The summed E-state index contributed by atoms with van der Waals surface area (Å²) in [4.78, 5) is 14.3. The topological polar surface area (TPSA) is 97.4 Å². The van der Waals surface area contributed by atoms with Crippen LogP contribution in [0.4, 0.5) is 0 Å². The summed E-state index contributed by atoms with van der Waals surface area (Å²) in [6, 6.07) is 4.35. The molecule has 2 saturated heterocycles. The fraction of sp³-hybridized carbons (Fsp3) is 0.611. The van der Waals surface area contributed by atoms with E-state index in [9.17, 15) is 13.2 Å². The molecular formula is C18H26ClN3O6S. The summed E-state index contributed by atoms with van der Waals surface area (Å²) < 4.78 is 43.3. The van der Waals surface area contributed by atoms with Crippen LogP contribution in [0.1, 0.15) is 0 Å². The Morgan fingerprint density at radius 1 is 1.10 bits per heavy atom. The van der Waals surface area contributed by atoms with Crippen molar-refractivity contribution in [2.75, 3.05) is 72.3 Å². The van der Waals surface area contributed by atoms with Crippen LogP contribution in [-0.4, -0.2) is 95.8 Å². The minimum absolute atomic E-state index is 0.0481. The number of amides is 1. The third-order valence-corrected chi connectivity index (χ3v) is 6.86. The number of carbonyl (C=O) groups excluding carboxylic acids is 1. The number of sulfonamides is 1. The Hall–Kier alpha value is -1.43. The van der Waals surface area contributed by atoms with Gasteiger partial charge in [0.1, 0.15) is 10.6 Å². The molecule has 0 saturated carbocycles. The number of nitrogens with zero attached hydrogens (tertiary/aromatic N) is 2. The molecule has 162 valence electrons. The molecule has 1 N–H and O–H groups in total. The van der Waals surface area contributed by atoms with E-state index in [2.05, 4.69) is 10.2 Å². The highest BCUT2D eigenvalue weighted by Crippen LogP contribution is 2.30. The average molecular weight is 448 g/mol. The Labute approximate surface area is 175 Å². The zero-order chi connectivity index (χ0) is 20.7. The normalized spacial score (nSPS) is 19.1. The Kier molecular flexibility index (Phi) is 8.10. The van der Waals surface area contributed by atoms with E-state index >= 15 is 0 Å². The quantitative estimate of drug-likeness (QED) is 0.607. The number of rotatable bonds is 8. The van der Waals surface area contributed by atoms with Crippen molar-refractivity contribution in [2.45, 2.75) is 4.90 Å². The lowest BCUT2D eigenvalue weighted by Gasteiger charge is -2.27. The van der Waals surface area contributed by atoms with E-state index < -0.39 is 10.0 Å². The Morgan fingerprint density at radius 3 is 2.45 bits per heavy atom. The molecule has 29 heavy (non-hydrogen) atoms. The van der Waals surface area contributed by atoms with Crippen molar-refractivity contribution >= 4 is 27.5 Å². The van der Waals surface area contributed by atoms with Gasteiger partial charge in [-0.1, -0.05) is 11.6 Å². The second-order valence-corrected chi connectivity index (χ2v) is 9.04. The maximum atomic E-state index is 13.0. The molecule has 0 radical (unpaired) electrons. The van der Waals surface area contributed by atoms with Crippen LogP contribution in [0.2, 0.25) is 5.02 Å². The SMILES string of the molecule is O=C(COc1ccc(Cl)cc1S(=O)(=O)N1CCOCC1)NCCN1CCOCC1. The first-order valence-electron chi connectivity index (χ1n) is 9.54. The molecule has 1 aromatic rings. The Morgan fingerprint density at radius 2 is 1.76 bits per heavy atom. The van der Waals surface area contributed by atoms with Crippen molar-refractivity contribution in [2.24, 2.45) is 0 Å². The number of hydrogen-bond donors (Lipinski definition) is 1. The standard InChI is InChI=1S/C18H26ClN3O6S/c19-15-1-2-16(17(13-15)29(24,25)22-7-11-27-12-8-22)28-14-18(23)20-3-4-21-5-9-26-10-6-21/h1-2,13H,3-12,14H2,(H,20,23). The lowest BCUT2D eigenvalue weighted by Crippen LogP contribution is -2.42. The van der Waals surface area contributed by atoms with Gasteiger partial charge in [0.05, 0.1) is 26.4 Å². The van der Waals surface area contributed by atoms with Gasteiger partial charge in [-0.25, -0.2) is 8.42 Å². The van der Waals surface area contributed by atoms with Gasteiger partial charge in [-0.15, -0.1) is 0 Å². The van der Waals surface area contributed by atoms with Crippen LogP contribution in [0.3, 0.4) is 0 Å². The third kappa shape index (κ3) is 6.27. The second kappa shape index (κ2) is 10.6. The average Bonchev–Trinajstić information content (AvgIpc) is 2.74. The summed E-state index contributed by atoms with van der Waals surface area (Å²) in [5, 5.41) is 3.06. The van der Waals surface area contributed by atoms with Gasteiger partial charge in [0.25, 0.3) is 5.91 Å². The van der Waals surface area contributed by atoms with E-state index in [0.717, 1.165) is 19.6 Å². The molecule has 1 aromatic carbocycles. The minimum Gasteiger partial charge on any atom is -0.482 e. The van der Waals surface area contributed by atoms with Gasteiger partial charge in [0.2, 0.25) is 10.0 Å². The number of hydrogen-bond acceptors (Lipinski definition) is 7. The van der Waals surface area contributed by atoms with Crippen LogP contribution in [0, 0.1) is 0 Å². The number of benzene rings is 1. The monoisotopic (exact) mass is 447 g/mol. The molecule has 2 aliphatic rings. The van der Waals surface area contributed by atoms with Gasteiger partial charge >= 0.3 is 0 Å². The van der Waals surface area contributed by atoms with Crippen molar-refractivity contribution in [3.8, 4) is 5.75 Å². The van der Waals surface area contributed by atoms with Crippen molar-refractivity contribution < 1.29 is 27.4 Å². The molecule has 0 aliphatic carbocycles. The molecule has 0 spiro atoms. The maximum Gasteiger partial charge on any atom is 0.257 e. The minimum atomic E-state index is -3.80. The predicted octanol–water partition coefficient (Wildman–Crippen LogP) is 0.188. The van der Waals surface area contributed by atoms with E-state index in [0.29, 0.717) is 33.0 Å². The molecule has 1 amide bonds. The van der Waals surface area contributed by atoms with E-state index in [1.807, 2.05) is 0 Å². The van der Waals surface area contributed by atoms with Crippen LogP contribution in [0.15, 0.2) is 23.1 Å². The van der Waals surface area contributed by atoms with Crippen LogP contribution in [0.5, 0.6) is 5.75 Å². The van der Waals surface area contributed by atoms with Crippen molar-refractivity contribution in [1.29, 1.82) is 0 Å². The molecule has 11 heteroatoms. The van der Waals surface area contributed by atoms with Gasteiger partial charge in [0.15, 0.2) is 6.61 Å². The molecule has 9 nitrogen and oxygen atoms in total. The number of nitrogens with one attached hydrogen (secondary N) is 1. The Bertz CT molecular complexity index is 795. The fourth-order valence-electron chi connectivity index (χ4n) is 3.10. The van der Waals surface area contributed by atoms with Gasteiger partial charge < -0.3 is 19.5 Å². The first kappa shape index (κ1) is 22.3. The summed E-state index contributed by atoms with van der Waals surface area (Å²) in [6.07, 6.45) is 0. The largest absolute Gasteiger partial charge is 0.482 e. The van der Waals surface area contributed by atoms with Crippen LogP contribution in [-0.2, 0) is 24.3 Å². The molecule has 0 unspecified atom stereocenters. The lowest BCUT2D eigenvalue weighted by atomic mass is 10.3. The van der Waals surface area contributed by atoms with Crippen molar-refractivity contribution in [3.05, 3.63) is 23.2 Å². The van der Waals surface area contributed by atoms with Gasteiger partial charge in [0, 0.05) is 44.3 Å². The fourth-order valence-corrected chi connectivity index (χ4v) is 4.90. The summed E-state index contributed by atoms with van der Waals surface area (Å²) >= 11 is 6.01. The summed E-state index contributed by atoms with van der Waals surface area (Å²) in [5.41, 5.74) is 0. The maximum absolute atomic E-state index is 13.0. The van der Waals surface area contributed by atoms with Crippen LogP contribution >= 0.6 is 11.6 Å². The molecule has 0 bridgehead atoms. The molecule has 2 aliphatic heterocycles. The van der Waals surface area contributed by atoms with E-state index in [4.69, 9.17) is 25.8 Å². The number of ether oxygens (including phenoxy) is 3. The number of carbonyl (C=O) groups is 1. The summed E-state index contributed by atoms with van der Waals surface area (Å²) in [6.45, 7) is 5.22. The lowest BCUT2D eigenvalue weighted by molar-refractivity contribution is -0.123. The van der Waals surface area contributed by atoms with Crippen molar-refractivity contribution in [1.82, 2.24) is 14.5 Å². The predicted molar refractivity (Wildman–Crippen MR) is 107 cm³/mol. The van der Waals surface area contributed by atoms with Crippen LogP contribution in [0.25, 0.3) is 0 Å². The van der Waals surface area contributed by atoms with Gasteiger partial charge in [-0.3, -0.25) is 9.69 Å². The van der Waals surface area contributed by atoms with Crippen LogP contribution < -0.4 is 10.1 Å². The van der Waals surface area contributed by atoms with E-state index in [1.54, 1.807) is 0 Å². The number of morpholine rings is 2. The molecule has 2 heterocycles.